The Morgan fingerprint density at radius 1 is 0.490 bits per heavy atom. The lowest BCUT2D eigenvalue weighted by Crippen LogP contribution is -2.61. The number of aromatic hydroxyl groups is 1. The second kappa shape index (κ2) is 58.3. The minimum Gasteiger partial charge on any atom is -0.508 e. The Hall–Kier alpha value is -14.1. The SMILES string of the molecule is CCCC[C@H]1C(=O)N(C)[C@@H](CCCC)C(=O)N[C@@H](CCN)C(=O)N[C@H](C(=O)NCC(=O)NCCCCCCCCCCC(=O)O)CSCC(=O)N[C@@H](Cc2ccc(O)cc2)C(=O)N(C)[C@@H](C)C(=O)N[C@@H](CC(N)=O)C(=O)N2CCC[C@H]2C(=O)N[C@@H](Cc2cnc[nH]2)C(=O)NC(CCC(=O)O)C(=O)N2C[C@H](O)C[C@H]2C(=O)N[C@@H](Cc2c[nH]c3ccccc23)C(=O)N[C@@H](CCN)C(=O)N[C@@H](Cc2c[nH]c3ccccc23)C(=O)N1C. The van der Waals surface area contributed by atoms with Crippen molar-refractivity contribution in [3.63, 3.8) is 0 Å². The first-order valence-corrected chi connectivity index (χ1v) is 51.4. The van der Waals surface area contributed by atoms with Crippen LogP contribution in [0.25, 0.3) is 21.8 Å². The van der Waals surface area contributed by atoms with Crippen LogP contribution >= 0.6 is 11.8 Å². The Morgan fingerprint density at radius 2 is 1.00 bits per heavy atom. The number of H-pyrrole nitrogens is 3. The van der Waals surface area contributed by atoms with Crippen molar-refractivity contribution in [1.29, 1.82) is 0 Å². The minimum atomic E-state index is -1.85. The lowest BCUT2D eigenvalue weighted by Gasteiger charge is -2.36. The van der Waals surface area contributed by atoms with Gasteiger partial charge in [0.2, 0.25) is 100 Å². The van der Waals surface area contributed by atoms with Gasteiger partial charge in [-0.1, -0.05) is 127 Å². The molecule has 3 aliphatic heterocycles. The predicted molar refractivity (Wildman–Crippen MR) is 541 cm³/mol. The predicted octanol–water partition coefficient (Wildman–Crippen LogP) is -0.442. The van der Waals surface area contributed by atoms with Gasteiger partial charge >= 0.3 is 11.9 Å². The number of amides is 17. The second-order valence-corrected chi connectivity index (χ2v) is 38.7. The number of likely N-dealkylation sites (N-methyl/N-ethyl adjacent to an activating group) is 3. The molecule has 9 rings (SSSR count). The summed E-state index contributed by atoms with van der Waals surface area (Å²) >= 11 is 0.784. The van der Waals surface area contributed by atoms with Crippen LogP contribution in [-0.4, -0.2) is 340 Å². The number of carboxylic acids is 2. The smallest absolute Gasteiger partial charge is 0.303 e. The number of carbonyl (C=O) groups excluding carboxylic acids is 17. The van der Waals surface area contributed by atoms with Crippen LogP contribution in [0.1, 0.15) is 191 Å². The molecule has 3 aliphatic rings. The highest BCUT2D eigenvalue weighted by Gasteiger charge is 2.47. The number of unbranched alkanes of at least 4 members (excludes halogenated alkanes) is 9. The van der Waals surface area contributed by atoms with Gasteiger partial charge in [0, 0.05) is 138 Å². The zero-order valence-corrected chi connectivity index (χ0v) is 84.8. The highest BCUT2D eigenvalue weighted by Crippen LogP contribution is 2.29. The maximum Gasteiger partial charge on any atom is 0.303 e. The van der Waals surface area contributed by atoms with Crippen LogP contribution in [0.5, 0.6) is 5.75 Å². The first kappa shape index (κ1) is 116. The average molecular weight is 2070 g/mol. The number of fused-ring (bicyclic) bond motifs is 4. The topological polar surface area (TPSA) is 692 Å². The van der Waals surface area contributed by atoms with Crippen LogP contribution < -0.4 is 75.7 Å². The molecule has 24 N–H and O–H groups in total. The maximum atomic E-state index is 15.9. The fourth-order valence-electron chi connectivity index (χ4n) is 18.2. The monoisotopic (exact) mass is 2070 g/mol. The van der Waals surface area contributed by atoms with Crippen molar-refractivity contribution in [1.82, 2.24) is 103 Å². The fraction of sp³-hybridized carbons (Fsp3) is 0.560. The molecule has 0 spiro atoms. The van der Waals surface area contributed by atoms with E-state index in [9.17, 15) is 58.5 Å². The number of para-hydroxylation sites is 2. The van der Waals surface area contributed by atoms with Crippen LogP contribution in [0, 0.1) is 0 Å². The zero-order valence-electron chi connectivity index (χ0n) is 84.0. The highest BCUT2D eigenvalue weighted by molar-refractivity contribution is 8.00. The third kappa shape index (κ3) is 34.8. The summed E-state index contributed by atoms with van der Waals surface area (Å²) < 4.78 is 0. The first-order valence-electron chi connectivity index (χ1n) is 50.2. The number of hydrogen-bond acceptors (Lipinski definition) is 25. The number of benzene rings is 3. The first-order chi connectivity index (χ1) is 70.3. The molecular formula is C100H143N23O23S. The number of aliphatic hydroxyl groups excluding tert-OH is 1. The molecule has 46 nitrogen and oxygen atoms in total. The molecular weight excluding hydrogens is 1920 g/mol. The number of imidazole rings is 1. The zero-order chi connectivity index (χ0) is 107. The van der Waals surface area contributed by atoms with E-state index in [-0.39, 0.29) is 102 Å². The number of aliphatic carboxylic acids is 2. The summed E-state index contributed by atoms with van der Waals surface area (Å²) in [5.41, 5.74) is 21.1. The molecule has 802 valence electrons. The number of phenols is 1. The van der Waals surface area contributed by atoms with E-state index in [1.807, 2.05) is 13.8 Å². The van der Waals surface area contributed by atoms with Crippen molar-refractivity contribution in [3.05, 3.63) is 120 Å². The van der Waals surface area contributed by atoms with Crippen molar-refractivity contribution in [2.45, 2.75) is 285 Å². The van der Waals surface area contributed by atoms with Crippen molar-refractivity contribution >= 4 is 146 Å². The number of aromatic nitrogens is 4. The molecule has 47 heteroatoms. The molecule has 3 aromatic heterocycles. The van der Waals surface area contributed by atoms with Crippen LogP contribution in [0.3, 0.4) is 0 Å². The number of nitrogens with zero attached hydrogens (tertiary/aromatic N) is 6. The lowest BCUT2D eigenvalue weighted by atomic mass is 9.99. The van der Waals surface area contributed by atoms with Gasteiger partial charge in [-0.25, -0.2) is 4.98 Å². The summed E-state index contributed by atoms with van der Waals surface area (Å²) in [6.07, 6.45) is 7.83. The summed E-state index contributed by atoms with van der Waals surface area (Å²) in [6, 6.07) is -2.65. The number of thioether (sulfide) groups is 1. The fourth-order valence-corrected chi connectivity index (χ4v) is 19.1. The number of rotatable bonds is 37. The third-order valence-corrected chi connectivity index (χ3v) is 27.7. The highest BCUT2D eigenvalue weighted by atomic mass is 32.2. The summed E-state index contributed by atoms with van der Waals surface area (Å²) in [5.74, 6) is -19.5. The Balaban J connectivity index is 1.08. The van der Waals surface area contributed by atoms with Gasteiger partial charge in [0.05, 0.1) is 31.1 Å². The number of aromatic amines is 3. The summed E-state index contributed by atoms with van der Waals surface area (Å²) in [4.78, 5) is 296. The van der Waals surface area contributed by atoms with Crippen LogP contribution in [0.15, 0.2) is 97.7 Å². The van der Waals surface area contributed by atoms with Gasteiger partial charge in [-0.2, -0.15) is 0 Å². The average Bonchev–Trinajstić information content (AvgIpc) is 1.67. The van der Waals surface area contributed by atoms with Gasteiger partial charge < -0.3 is 136 Å². The Kier molecular flexibility index (Phi) is 46.2. The Labute approximate surface area is 855 Å². The van der Waals surface area contributed by atoms with E-state index < -0.39 is 260 Å². The van der Waals surface area contributed by atoms with E-state index in [0.717, 1.165) is 65.0 Å². The molecule has 3 fully saturated rings. The van der Waals surface area contributed by atoms with Gasteiger partial charge in [-0.05, 0) is 119 Å². The molecule has 6 heterocycles. The number of carbonyl (C=O) groups is 19. The van der Waals surface area contributed by atoms with Crippen LogP contribution in [-0.2, 0) is 117 Å². The Morgan fingerprint density at radius 3 is 1.59 bits per heavy atom. The number of nitrogens with two attached hydrogens (primary N) is 3. The standard InChI is InChI=1S/C100H143N23O23S/c1-7-9-28-78-93(139)112-70(39-41-102)90(136)118-77(88(134)108-53-83(127)105-42-22-16-14-12-11-13-15-17-31-85(129)130)55-147-56-84(128)110-74(44-59-32-34-63(124)35-33-59)96(142)119(4)58(3)87(133)116-76(49-82(103)126)99(145)122-43-23-30-79(122)94(140)115-73(47-62-52-104-57-109-62)92(138)113-71(36-37-86(131)132)98(144)123-54-64(125)48-81(123)95(141)114-72(45-60-50-106-67-26-20-18-24-65(60)67)91(137)111-69(38-40-101)89(135)117-75(46-61-51-107-68-27-21-19-25-66(61)68)97(143)121(6)80(29-10-8-2)100(146)120(78)5/h18-21,24-27,32-35,50-52,57-58,64,69-81,106-107,124-125H,7-17,22-23,28-31,36-49,53-56,101-102H2,1-6H3,(H2,103,126)(H,104,109)(H,105,127)(H,108,134)(H,110,128)(H,111,137)(H,112,139)(H,113,138)(H,114,141)(H,115,140)(H,116,133)(H,117,135)(H,118,136)(H,129,130)(H,131,132)/t58-,64+,69-,70-,71?,72-,73-,74-,75-,76-,77-,78-,79-,80-,81-/m0/s1. The van der Waals surface area contributed by atoms with Crippen molar-refractivity contribution in [2.24, 2.45) is 17.2 Å². The van der Waals surface area contributed by atoms with E-state index in [4.69, 9.17) is 22.3 Å². The van der Waals surface area contributed by atoms with Gasteiger partial charge in [0.15, 0.2) is 0 Å². The molecule has 0 radical (unpaired) electrons. The molecule has 3 saturated heterocycles. The number of aliphatic hydroxyl groups is 1. The number of carboxylic acid groups (broad SMARTS) is 2. The second-order valence-electron chi connectivity index (χ2n) is 37.6. The summed E-state index contributed by atoms with van der Waals surface area (Å²) in [7, 11) is 3.93. The van der Waals surface area contributed by atoms with Crippen LogP contribution in [0.4, 0.5) is 0 Å². The lowest BCUT2D eigenvalue weighted by molar-refractivity contribution is -0.149. The molecule has 15 atom stereocenters. The number of hydrogen-bond donors (Lipinski definition) is 21. The summed E-state index contributed by atoms with van der Waals surface area (Å²) in [6.45, 7) is 3.34. The van der Waals surface area contributed by atoms with E-state index >= 15 is 47.9 Å². The van der Waals surface area contributed by atoms with Gasteiger partial charge in [0.1, 0.15) is 90.3 Å². The third-order valence-electron chi connectivity index (χ3n) is 26.6. The van der Waals surface area contributed by atoms with Crippen molar-refractivity contribution in [2.75, 3.05) is 71.9 Å². The Bertz CT molecular complexity index is 5530. The number of nitrogens with one attached hydrogen (secondary N) is 14. The largest absolute Gasteiger partial charge is 0.508 e. The molecule has 17 amide bonds. The number of phenolic OH excluding ortho intramolecular Hbond substituents is 1. The van der Waals surface area contributed by atoms with Gasteiger partial charge in [-0.3, -0.25) is 91.1 Å². The van der Waals surface area contributed by atoms with Crippen molar-refractivity contribution in [3.8, 4) is 5.75 Å². The summed E-state index contributed by atoms with van der Waals surface area (Å²) in [5, 5.41) is 71.6. The molecule has 147 heavy (non-hydrogen) atoms. The maximum absolute atomic E-state index is 15.9. The van der Waals surface area contributed by atoms with E-state index in [1.54, 1.807) is 60.9 Å². The van der Waals surface area contributed by atoms with E-state index in [0.29, 0.717) is 77.0 Å². The minimum absolute atomic E-state index is 0.000892. The quantitative estimate of drug-likeness (QED) is 0.0220. The molecule has 0 saturated carbocycles. The normalized spacial score (nSPS) is 23.7. The molecule has 0 aliphatic carbocycles. The van der Waals surface area contributed by atoms with Gasteiger partial charge in [0.25, 0.3) is 0 Å². The van der Waals surface area contributed by atoms with E-state index in [2.05, 4.69) is 78.4 Å². The van der Waals surface area contributed by atoms with E-state index in [1.165, 1.54) is 74.7 Å². The van der Waals surface area contributed by atoms with Crippen LogP contribution in [0.2, 0.25) is 0 Å². The molecule has 3 aromatic carbocycles. The van der Waals surface area contributed by atoms with Crippen molar-refractivity contribution < 1.29 is 112 Å². The molecule has 6 aromatic rings. The van der Waals surface area contributed by atoms with Gasteiger partial charge in [-0.15, -0.1) is 11.8 Å². The molecule has 0 bridgehead atoms. The number of primary amides is 1. The molecule has 1 unspecified atom stereocenters.